The third-order valence-corrected chi connectivity index (χ3v) is 5.05. The van der Waals surface area contributed by atoms with Gasteiger partial charge in [-0.15, -0.1) is 0 Å². The molecule has 2 N–H and O–H groups in total. The van der Waals surface area contributed by atoms with Crippen LogP contribution in [-0.2, 0) is 9.53 Å². The summed E-state index contributed by atoms with van der Waals surface area (Å²) in [6.07, 6.45) is 9.59. The van der Waals surface area contributed by atoms with Crippen molar-refractivity contribution in [3.05, 3.63) is 0 Å². The van der Waals surface area contributed by atoms with Crippen LogP contribution < -0.4 is 5.32 Å². The summed E-state index contributed by atoms with van der Waals surface area (Å²) in [4.78, 5) is 11.9. The van der Waals surface area contributed by atoms with Crippen molar-refractivity contribution in [3.8, 4) is 0 Å². The first-order valence-electron chi connectivity index (χ1n) is 8.16. The number of aliphatic hydroxyl groups excluding tert-OH is 1. The Bertz CT molecular complexity index is 294. The largest absolute Gasteiger partial charge is 0.391 e. The average Bonchev–Trinajstić information content (AvgIpc) is 3.00. The molecule has 2 aliphatic rings. The van der Waals surface area contributed by atoms with E-state index in [1.54, 1.807) is 7.11 Å². The van der Waals surface area contributed by atoms with Gasteiger partial charge in [0.2, 0.25) is 5.91 Å². The van der Waals surface area contributed by atoms with Crippen molar-refractivity contribution in [1.29, 1.82) is 0 Å². The van der Waals surface area contributed by atoms with E-state index in [9.17, 15) is 9.90 Å². The summed E-state index contributed by atoms with van der Waals surface area (Å²) in [6.45, 7) is 0.427. The molecular weight excluding hydrogens is 254 g/mol. The van der Waals surface area contributed by atoms with Crippen LogP contribution in [0.15, 0.2) is 0 Å². The molecule has 0 aromatic heterocycles. The molecule has 0 aromatic rings. The summed E-state index contributed by atoms with van der Waals surface area (Å²) in [6, 6.07) is 0. The molecule has 1 amide bonds. The van der Waals surface area contributed by atoms with Gasteiger partial charge in [0.15, 0.2) is 0 Å². The van der Waals surface area contributed by atoms with Crippen molar-refractivity contribution in [1.82, 2.24) is 5.32 Å². The standard InChI is InChI=1S/C16H29NO3/c1-20-14-8-6-12(7-9-14)10-16(19)17-11-15(18)13-4-2-3-5-13/h12-15,18H,2-11H2,1H3,(H,17,19). The molecule has 0 aliphatic heterocycles. The maximum absolute atomic E-state index is 11.9. The van der Waals surface area contributed by atoms with Gasteiger partial charge in [-0.2, -0.15) is 0 Å². The number of carbonyl (C=O) groups excluding carboxylic acids is 1. The lowest BCUT2D eigenvalue weighted by molar-refractivity contribution is -0.123. The minimum atomic E-state index is -0.356. The van der Waals surface area contributed by atoms with Crippen LogP contribution in [0.3, 0.4) is 0 Å². The number of nitrogens with one attached hydrogen (secondary N) is 1. The molecule has 116 valence electrons. The highest BCUT2D eigenvalue weighted by atomic mass is 16.5. The van der Waals surface area contributed by atoms with Gasteiger partial charge in [-0.25, -0.2) is 0 Å². The van der Waals surface area contributed by atoms with E-state index in [4.69, 9.17) is 4.74 Å². The molecule has 1 atom stereocenters. The van der Waals surface area contributed by atoms with Gasteiger partial charge >= 0.3 is 0 Å². The van der Waals surface area contributed by atoms with E-state index in [2.05, 4.69) is 5.32 Å². The summed E-state index contributed by atoms with van der Waals surface area (Å²) in [5, 5.41) is 13.0. The van der Waals surface area contributed by atoms with Crippen LogP contribution in [0, 0.1) is 11.8 Å². The highest BCUT2D eigenvalue weighted by molar-refractivity contribution is 5.76. The lowest BCUT2D eigenvalue weighted by Gasteiger charge is -2.27. The van der Waals surface area contributed by atoms with Gasteiger partial charge in [0.05, 0.1) is 12.2 Å². The van der Waals surface area contributed by atoms with Gasteiger partial charge in [0.1, 0.15) is 0 Å². The third-order valence-electron chi connectivity index (χ3n) is 5.05. The molecule has 4 nitrogen and oxygen atoms in total. The quantitative estimate of drug-likeness (QED) is 0.786. The summed E-state index contributed by atoms with van der Waals surface area (Å²) >= 11 is 0. The van der Waals surface area contributed by atoms with Crippen molar-refractivity contribution in [3.63, 3.8) is 0 Å². The number of hydrogen-bond acceptors (Lipinski definition) is 3. The zero-order chi connectivity index (χ0) is 14.4. The van der Waals surface area contributed by atoms with E-state index in [1.165, 1.54) is 12.8 Å². The van der Waals surface area contributed by atoms with E-state index in [0.717, 1.165) is 38.5 Å². The smallest absolute Gasteiger partial charge is 0.220 e. The van der Waals surface area contributed by atoms with Gasteiger partial charge in [-0.05, 0) is 50.4 Å². The molecule has 0 aromatic carbocycles. The van der Waals surface area contributed by atoms with Gasteiger partial charge in [-0.3, -0.25) is 4.79 Å². The van der Waals surface area contributed by atoms with Crippen LogP contribution in [-0.4, -0.2) is 36.9 Å². The first-order chi connectivity index (χ1) is 9.69. The van der Waals surface area contributed by atoms with Crippen LogP contribution in [0.25, 0.3) is 0 Å². The zero-order valence-corrected chi connectivity index (χ0v) is 12.6. The van der Waals surface area contributed by atoms with Crippen LogP contribution >= 0.6 is 0 Å². The normalized spacial score (nSPS) is 29.3. The van der Waals surface area contributed by atoms with Crippen LogP contribution in [0.2, 0.25) is 0 Å². The Morgan fingerprint density at radius 3 is 2.45 bits per heavy atom. The molecule has 1 unspecified atom stereocenters. The number of methoxy groups -OCH3 is 1. The predicted octanol–water partition coefficient (Wildman–Crippen LogP) is 2.25. The summed E-state index contributed by atoms with van der Waals surface area (Å²) < 4.78 is 5.35. The highest BCUT2D eigenvalue weighted by Gasteiger charge is 2.25. The summed E-state index contributed by atoms with van der Waals surface area (Å²) in [7, 11) is 1.77. The minimum Gasteiger partial charge on any atom is -0.391 e. The number of hydrogen-bond donors (Lipinski definition) is 2. The minimum absolute atomic E-state index is 0.0999. The molecule has 2 rings (SSSR count). The van der Waals surface area contributed by atoms with Crippen molar-refractivity contribution in [2.75, 3.05) is 13.7 Å². The molecule has 0 radical (unpaired) electrons. The zero-order valence-electron chi connectivity index (χ0n) is 12.6. The summed E-state index contributed by atoms with van der Waals surface area (Å²) in [5.74, 6) is 0.986. The first kappa shape index (κ1) is 15.8. The highest BCUT2D eigenvalue weighted by Crippen LogP contribution is 2.29. The number of amides is 1. The Balaban J connectivity index is 1.60. The topological polar surface area (TPSA) is 58.6 Å². The fourth-order valence-corrected chi connectivity index (χ4v) is 3.63. The molecular formula is C16H29NO3. The number of rotatable bonds is 6. The lowest BCUT2D eigenvalue weighted by atomic mass is 9.85. The third kappa shape index (κ3) is 4.74. The van der Waals surface area contributed by atoms with Gasteiger partial charge in [-0.1, -0.05) is 12.8 Å². The van der Waals surface area contributed by atoms with E-state index in [0.29, 0.717) is 30.9 Å². The Morgan fingerprint density at radius 1 is 1.20 bits per heavy atom. The predicted molar refractivity (Wildman–Crippen MR) is 78.3 cm³/mol. The number of carbonyl (C=O) groups is 1. The van der Waals surface area contributed by atoms with Gasteiger partial charge in [0.25, 0.3) is 0 Å². The second-order valence-electron chi connectivity index (χ2n) is 6.50. The maximum atomic E-state index is 11.9. The molecule has 0 bridgehead atoms. The summed E-state index contributed by atoms with van der Waals surface area (Å²) in [5.41, 5.74) is 0. The molecule has 2 saturated carbocycles. The van der Waals surface area contributed by atoms with Crippen molar-refractivity contribution in [2.45, 2.75) is 70.0 Å². The second-order valence-corrected chi connectivity index (χ2v) is 6.50. The van der Waals surface area contributed by atoms with E-state index >= 15 is 0 Å². The van der Waals surface area contributed by atoms with Gasteiger partial charge in [0, 0.05) is 20.1 Å². The second kappa shape index (κ2) is 7.99. The Labute approximate surface area is 122 Å². The first-order valence-corrected chi connectivity index (χ1v) is 8.16. The molecule has 2 fully saturated rings. The SMILES string of the molecule is COC1CCC(CC(=O)NCC(O)C2CCCC2)CC1. The molecule has 0 saturated heterocycles. The monoisotopic (exact) mass is 283 g/mol. The van der Waals surface area contributed by atoms with Gasteiger partial charge < -0.3 is 15.2 Å². The molecule has 0 heterocycles. The van der Waals surface area contributed by atoms with E-state index in [-0.39, 0.29) is 12.0 Å². The maximum Gasteiger partial charge on any atom is 0.220 e. The molecule has 2 aliphatic carbocycles. The average molecular weight is 283 g/mol. The lowest BCUT2D eigenvalue weighted by Crippen LogP contribution is -2.36. The number of ether oxygens (including phenoxy) is 1. The van der Waals surface area contributed by atoms with E-state index in [1.807, 2.05) is 0 Å². The molecule has 4 heteroatoms. The fourth-order valence-electron chi connectivity index (χ4n) is 3.63. The Morgan fingerprint density at radius 2 is 1.85 bits per heavy atom. The Hall–Kier alpha value is -0.610. The van der Waals surface area contributed by atoms with Crippen molar-refractivity contribution < 1.29 is 14.6 Å². The van der Waals surface area contributed by atoms with Crippen LogP contribution in [0.5, 0.6) is 0 Å². The van der Waals surface area contributed by atoms with E-state index < -0.39 is 0 Å². The van der Waals surface area contributed by atoms with Crippen molar-refractivity contribution >= 4 is 5.91 Å². The van der Waals surface area contributed by atoms with Crippen LogP contribution in [0.4, 0.5) is 0 Å². The van der Waals surface area contributed by atoms with Crippen molar-refractivity contribution in [2.24, 2.45) is 11.8 Å². The Kier molecular flexibility index (Phi) is 6.30. The number of aliphatic hydroxyl groups is 1. The van der Waals surface area contributed by atoms with Crippen LogP contribution in [0.1, 0.15) is 57.8 Å². The molecule has 0 spiro atoms. The molecule has 20 heavy (non-hydrogen) atoms. The fraction of sp³-hybridized carbons (Fsp3) is 0.938.